The van der Waals surface area contributed by atoms with E-state index in [9.17, 15) is 9.18 Å². The predicted octanol–water partition coefficient (Wildman–Crippen LogP) is 5.91. The molecule has 6 rings (SSSR count). The number of hydrogen-bond donors (Lipinski definition) is 0. The van der Waals surface area contributed by atoms with Gasteiger partial charge in [0.15, 0.2) is 0 Å². The van der Waals surface area contributed by atoms with Gasteiger partial charge in [-0.05, 0) is 74.5 Å². The molecular formula is C26H23Cl2FN4O2. The van der Waals surface area contributed by atoms with Gasteiger partial charge in [-0.2, -0.15) is 5.10 Å². The van der Waals surface area contributed by atoms with Gasteiger partial charge in [-0.3, -0.25) is 14.0 Å². The largest absolute Gasteiger partial charge is 0.456 e. The van der Waals surface area contributed by atoms with Crippen LogP contribution in [0.25, 0.3) is 38.9 Å². The summed E-state index contributed by atoms with van der Waals surface area (Å²) in [7, 11) is 0. The van der Waals surface area contributed by atoms with E-state index < -0.39 is 5.82 Å². The number of hydrogen-bond acceptors (Lipinski definition) is 4. The van der Waals surface area contributed by atoms with Gasteiger partial charge in [0.25, 0.3) is 5.56 Å². The van der Waals surface area contributed by atoms with E-state index in [4.69, 9.17) is 16.0 Å². The van der Waals surface area contributed by atoms with Crippen LogP contribution in [0.2, 0.25) is 5.02 Å². The average Bonchev–Trinajstić information content (AvgIpc) is 3.57. The van der Waals surface area contributed by atoms with E-state index in [1.165, 1.54) is 18.9 Å². The molecule has 1 saturated heterocycles. The fourth-order valence-electron chi connectivity index (χ4n) is 4.71. The third kappa shape index (κ3) is 4.35. The summed E-state index contributed by atoms with van der Waals surface area (Å²) in [6, 6.07) is 13.5. The fourth-order valence-corrected chi connectivity index (χ4v) is 4.86. The van der Waals surface area contributed by atoms with Crippen molar-refractivity contribution in [1.29, 1.82) is 0 Å². The Kier molecular flexibility index (Phi) is 6.40. The fraction of sp³-hybridized carbons (Fsp3) is 0.231. The van der Waals surface area contributed by atoms with Gasteiger partial charge in [-0.1, -0.05) is 11.6 Å². The van der Waals surface area contributed by atoms with Crippen LogP contribution >= 0.6 is 24.0 Å². The van der Waals surface area contributed by atoms with Crippen molar-refractivity contribution in [2.75, 3.05) is 19.6 Å². The SMILES string of the molecule is Cl.O=c1c2cc(-c3ccc(Cl)cc3F)oc2ccn1-c1ccc2c(cnn2CCN2CCCC2)c1. The van der Waals surface area contributed by atoms with Crippen molar-refractivity contribution in [3.8, 4) is 17.0 Å². The molecule has 4 heterocycles. The monoisotopic (exact) mass is 512 g/mol. The Labute approximate surface area is 211 Å². The zero-order chi connectivity index (χ0) is 23.2. The Hall–Kier alpha value is -3.13. The van der Waals surface area contributed by atoms with Crippen LogP contribution in [0.15, 0.2) is 70.1 Å². The Morgan fingerprint density at radius 3 is 2.66 bits per heavy atom. The molecule has 1 aliphatic rings. The molecule has 0 amide bonds. The highest BCUT2D eigenvalue weighted by Gasteiger charge is 2.16. The molecule has 0 saturated carbocycles. The number of likely N-dealkylation sites (tertiary alicyclic amines) is 1. The normalized spacial score (nSPS) is 14.1. The van der Waals surface area contributed by atoms with E-state index in [2.05, 4.69) is 10.00 Å². The molecule has 35 heavy (non-hydrogen) atoms. The van der Waals surface area contributed by atoms with E-state index in [-0.39, 0.29) is 29.3 Å². The van der Waals surface area contributed by atoms with E-state index in [0.717, 1.165) is 42.8 Å². The molecule has 1 fully saturated rings. The number of benzene rings is 2. The highest BCUT2D eigenvalue weighted by molar-refractivity contribution is 6.30. The summed E-state index contributed by atoms with van der Waals surface area (Å²) in [5, 5.41) is 6.21. The van der Waals surface area contributed by atoms with Gasteiger partial charge in [0.2, 0.25) is 0 Å². The topological polar surface area (TPSA) is 56.2 Å². The van der Waals surface area contributed by atoms with Crippen LogP contribution in [0, 0.1) is 5.82 Å². The highest BCUT2D eigenvalue weighted by Crippen LogP contribution is 2.30. The second-order valence-corrected chi connectivity index (χ2v) is 9.10. The molecule has 3 aromatic heterocycles. The second kappa shape index (κ2) is 9.49. The first-order valence-electron chi connectivity index (χ1n) is 11.4. The van der Waals surface area contributed by atoms with Crippen molar-refractivity contribution < 1.29 is 8.81 Å². The molecule has 1 aliphatic heterocycles. The molecular weight excluding hydrogens is 490 g/mol. The molecule has 0 radical (unpaired) electrons. The summed E-state index contributed by atoms with van der Waals surface area (Å²) in [5.41, 5.74) is 2.21. The molecule has 0 unspecified atom stereocenters. The first kappa shape index (κ1) is 23.6. The minimum Gasteiger partial charge on any atom is -0.456 e. The molecule has 2 aromatic carbocycles. The molecule has 0 bridgehead atoms. The molecule has 6 nitrogen and oxygen atoms in total. The van der Waals surface area contributed by atoms with Crippen LogP contribution < -0.4 is 5.56 Å². The van der Waals surface area contributed by atoms with E-state index in [1.807, 2.05) is 29.1 Å². The van der Waals surface area contributed by atoms with E-state index in [0.29, 0.717) is 16.0 Å². The molecule has 0 atom stereocenters. The molecule has 0 spiro atoms. The van der Waals surface area contributed by atoms with Gasteiger partial charge in [-0.15, -0.1) is 12.4 Å². The summed E-state index contributed by atoms with van der Waals surface area (Å²) in [5.74, 6) is -0.215. The zero-order valence-corrected chi connectivity index (χ0v) is 20.4. The second-order valence-electron chi connectivity index (χ2n) is 8.66. The number of aromatic nitrogens is 3. The standard InChI is InChI=1S/C26H22ClFN4O2.ClH/c27-18-3-5-20(22(28)14-18)25-15-21-24(34-25)7-10-31(26(21)33)19-4-6-23-17(13-19)16-29-32(23)12-11-30-8-1-2-9-30;/h3-7,10,13-16H,1-2,8-9,11-12H2;1H. The van der Waals surface area contributed by atoms with Crippen LogP contribution in [0.1, 0.15) is 12.8 Å². The van der Waals surface area contributed by atoms with Crippen molar-refractivity contribution in [2.24, 2.45) is 0 Å². The van der Waals surface area contributed by atoms with Gasteiger partial charge >= 0.3 is 0 Å². The highest BCUT2D eigenvalue weighted by atomic mass is 35.5. The van der Waals surface area contributed by atoms with Crippen molar-refractivity contribution >= 4 is 45.9 Å². The van der Waals surface area contributed by atoms with Gasteiger partial charge < -0.3 is 9.32 Å². The number of furan rings is 1. The number of nitrogens with zero attached hydrogens (tertiary/aromatic N) is 4. The predicted molar refractivity (Wildman–Crippen MR) is 138 cm³/mol. The van der Waals surface area contributed by atoms with Gasteiger partial charge in [0, 0.05) is 28.8 Å². The number of rotatable bonds is 5. The summed E-state index contributed by atoms with van der Waals surface area (Å²) in [6.45, 7) is 4.16. The average molecular weight is 513 g/mol. The third-order valence-electron chi connectivity index (χ3n) is 6.51. The van der Waals surface area contributed by atoms with Gasteiger partial charge in [0.1, 0.15) is 17.2 Å². The smallest absolute Gasteiger partial charge is 0.266 e. The Morgan fingerprint density at radius 2 is 1.86 bits per heavy atom. The van der Waals surface area contributed by atoms with Crippen LogP contribution in [-0.2, 0) is 6.54 Å². The Balaban J connectivity index is 0.00000253. The van der Waals surface area contributed by atoms with Crippen LogP contribution in [0.3, 0.4) is 0 Å². The number of fused-ring (bicyclic) bond motifs is 2. The maximum Gasteiger partial charge on any atom is 0.266 e. The lowest BCUT2D eigenvalue weighted by atomic mass is 10.1. The summed E-state index contributed by atoms with van der Waals surface area (Å²) in [4.78, 5) is 15.7. The van der Waals surface area contributed by atoms with Crippen molar-refractivity contribution in [3.05, 3.63) is 82.1 Å². The summed E-state index contributed by atoms with van der Waals surface area (Å²) >= 11 is 5.86. The zero-order valence-electron chi connectivity index (χ0n) is 18.8. The first-order valence-corrected chi connectivity index (χ1v) is 11.7. The van der Waals surface area contributed by atoms with E-state index >= 15 is 0 Å². The molecule has 180 valence electrons. The third-order valence-corrected chi connectivity index (χ3v) is 6.75. The van der Waals surface area contributed by atoms with Crippen LogP contribution in [0.4, 0.5) is 4.39 Å². The molecule has 5 aromatic rings. The van der Waals surface area contributed by atoms with Crippen LogP contribution in [0.5, 0.6) is 0 Å². The van der Waals surface area contributed by atoms with Gasteiger partial charge in [0.05, 0.1) is 29.2 Å². The maximum atomic E-state index is 14.4. The minimum atomic E-state index is -0.501. The lowest BCUT2D eigenvalue weighted by molar-refractivity contribution is 0.318. The minimum absolute atomic E-state index is 0. The quantitative estimate of drug-likeness (QED) is 0.293. The maximum absolute atomic E-state index is 14.4. The van der Waals surface area contributed by atoms with Crippen LogP contribution in [-0.4, -0.2) is 38.9 Å². The first-order chi connectivity index (χ1) is 16.6. The summed E-state index contributed by atoms with van der Waals surface area (Å²) in [6.07, 6.45) is 6.06. The van der Waals surface area contributed by atoms with E-state index in [1.54, 1.807) is 35.0 Å². The molecule has 0 aliphatic carbocycles. The molecule has 0 N–H and O–H groups in total. The Bertz CT molecular complexity index is 1580. The molecule has 9 heteroatoms. The summed E-state index contributed by atoms with van der Waals surface area (Å²) < 4.78 is 23.7. The van der Waals surface area contributed by atoms with Crippen molar-refractivity contribution in [3.63, 3.8) is 0 Å². The number of halogens is 3. The van der Waals surface area contributed by atoms with Gasteiger partial charge in [-0.25, -0.2) is 4.39 Å². The number of pyridine rings is 1. The lowest BCUT2D eigenvalue weighted by Gasteiger charge is -2.14. The van der Waals surface area contributed by atoms with Crippen molar-refractivity contribution in [1.82, 2.24) is 19.2 Å². The van der Waals surface area contributed by atoms with Crippen molar-refractivity contribution in [2.45, 2.75) is 19.4 Å². The lowest BCUT2D eigenvalue weighted by Crippen LogP contribution is -2.24. The Morgan fingerprint density at radius 1 is 1.03 bits per heavy atom.